The molecule has 1 aromatic carbocycles. The van der Waals surface area contributed by atoms with E-state index in [0.29, 0.717) is 23.9 Å². The van der Waals surface area contributed by atoms with E-state index in [1.54, 1.807) is 12.3 Å². The van der Waals surface area contributed by atoms with Crippen LogP contribution in [-0.2, 0) is 27.2 Å². The molecule has 1 amide bonds. The molecule has 2 rings (SSSR count). The van der Waals surface area contributed by atoms with Gasteiger partial charge in [-0.2, -0.15) is 0 Å². The highest BCUT2D eigenvalue weighted by molar-refractivity contribution is 7.13. The minimum Gasteiger partial charge on any atom is -0.466 e. The maximum Gasteiger partial charge on any atom is 0.311 e. The van der Waals surface area contributed by atoms with Crippen molar-refractivity contribution >= 4 is 28.3 Å². The van der Waals surface area contributed by atoms with Gasteiger partial charge in [-0.1, -0.05) is 29.8 Å². The van der Waals surface area contributed by atoms with E-state index in [1.807, 2.05) is 31.2 Å². The van der Waals surface area contributed by atoms with Crippen molar-refractivity contribution in [1.29, 1.82) is 0 Å². The standard InChI is InChI=1S/C16H18N2O3S/c1-3-21-15(20)9-13-10-22-16(17-13)18-14(19)8-12-6-4-5-11(2)7-12/h4-7,10H,3,8-9H2,1-2H3,(H,17,18,19). The summed E-state index contributed by atoms with van der Waals surface area (Å²) in [6.07, 6.45) is 0.423. The van der Waals surface area contributed by atoms with Crippen LogP contribution in [0.5, 0.6) is 0 Å². The first-order valence-corrected chi connectivity index (χ1v) is 7.90. The summed E-state index contributed by atoms with van der Waals surface area (Å²) in [7, 11) is 0. The number of aryl methyl sites for hydroxylation is 1. The zero-order chi connectivity index (χ0) is 15.9. The molecule has 0 aliphatic heterocycles. The number of rotatable bonds is 6. The first-order chi connectivity index (χ1) is 10.6. The first-order valence-electron chi connectivity index (χ1n) is 7.02. The fraction of sp³-hybridized carbons (Fsp3) is 0.312. The average Bonchev–Trinajstić information content (AvgIpc) is 2.85. The Balaban J connectivity index is 1.89. The number of esters is 1. The summed E-state index contributed by atoms with van der Waals surface area (Å²) < 4.78 is 4.86. The van der Waals surface area contributed by atoms with E-state index in [2.05, 4.69) is 10.3 Å². The molecule has 0 saturated carbocycles. The second-order valence-electron chi connectivity index (χ2n) is 4.84. The topological polar surface area (TPSA) is 68.3 Å². The predicted octanol–water partition coefficient (Wildman–Crippen LogP) is 2.74. The molecule has 0 spiro atoms. The summed E-state index contributed by atoms with van der Waals surface area (Å²) in [5, 5.41) is 5.00. The Morgan fingerprint density at radius 1 is 1.32 bits per heavy atom. The van der Waals surface area contributed by atoms with E-state index >= 15 is 0 Å². The molecule has 1 N–H and O–H groups in total. The number of anilines is 1. The predicted molar refractivity (Wildman–Crippen MR) is 86.0 cm³/mol. The normalized spacial score (nSPS) is 10.3. The van der Waals surface area contributed by atoms with Crippen LogP contribution in [0.4, 0.5) is 5.13 Å². The summed E-state index contributed by atoms with van der Waals surface area (Å²) in [5.74, 6) is -0.437. The largest absolute Gasteiger partial charge is 0.466 e. The van der Waals surface area contributed by atoms with Crippen LogP contribution in [0.3, 0.4) is 0 Å². The van der Waals surface area contributed by atoms with Gasteiger partial charge in [-0.05, 0) is 19.4 Å². The van der Waals surface area contributed by atoms with Crippen molar-refractivity contribution in [2.24, 2.45) is 0 Å². The van der Waals surface area contributed by atoms with Crippen molar-refractivity contribution in [3.63, 3.8) is 0 Å². The number of carbonyl (C=O) groups is 2. The monoisotopic (exact) mass is 318 g/mol. The lowest BCUT2D eigenvalue weighted by molar-refractivity contribution is -0.142. The van der Waals surface area contributed by atoms with E-state index in [4.69, 9.17) is 4.74 Å². The van der Waals surface area contributed by atoms with Gasteiger partial charge in [0.1, 0.15) is 0 Å². The number of hydrogen-bond donors (Lipinski definition) is 1. The molecule has 22 heavy (non-hydrogen) atoms. The van der Waals surface area contributed by atoms with Crippen LogP contribution >= 0.6 is 11.3 Å². The lowest BCUT2D eigenvalue weighted by atomic mass is 10.1. The lowest BCUT2D eigenvalue weighted by Gasteiger charge is -2.03. The van der Waals surface area contributed by atoms with Gasteiger partial charge in [0.05, 0.1) is 25.1 Å². The van der Waals surface area contributed by atoms with Crippen LogP contribution in [0.1, 0.15) is 23.7 Å². The molecule has 0 bridgehead atoms. The molecule has 0 atom stereocenters. The highest BCUT2D eigenvalue weighted by Gasteiger charge is 2.11. The summed E-state index contributed by atoms with van der Waals surface area (Å²) in [4.78, 5) is 27.6. The Labute approximate surface area is 133 Å². The average molecular weight is 318 g/mol. The van der Waals surface area contributed by atoms with E-state index in [0.717, 1.165) is 11.1 Å². The van der Waals surface area contributed by atoms with Crippen LogP contribution in [0.2, 0.25) is 0 Å². The Morgan fingerprint density at radius 3 is 2.86 bits per heavy atom. The number of carbonyl (C=O) groups excluding carboxylic acids is 2. The van der Waals surface area contributed by atoms with Gasteiger partial charge < -0.3 is 10.1 Å². The maximum absolute atomic E-state index is 12.0. The van der Waals surface area contributed by atoms with Gasteiger partial charge in [0.25, 0.3) is 0 Å². The van der Waals surface area contributed by atoms with Gasteiger partial charge in [0, 0.05) is 5.38 Å². The molecule has 6 heteroatoms. The second kappa shape index (κ2) is 7.70. The number of thiazole rings is 1. The van der Waals surface area contributed by atoms with E-state index < -0.39 is 0 Å². The third-order valence-electron chi connectivity index (χ3n) is 2.88. The zero-order valence-corrected chi connectivity index (χ0v) is 13.4. The number of ether oxygens (including phenoxy) is 1. The molecule has 1 aromatic heterocycles. The van der Waals surface area contributed by atoms with E-state index in [9.17, 15) is 9.59 Å². The molecular weight excluding hydrogens is 300 g/mol. The Hall–Kier alpha value is -2.21. The number of nitrogens with zero attached hydrogens (tertiary/aromatic N) is 1. The van der Waals surface area contributed by atoms with Crippen LogP contribution in [0.25, 0.3) is 0 Å². The Kier molecular flexibility index (Phi) is 5.66. The van der Waals surface area contributed by atoms with Gasteiger partial charge in [0.2, 0.25) is 5.91 Å². The van der Waals surface area contributed by atoms with Gasteiger partial charge in [-0.3, -0.25) is 9.59 Å². The summed E-state index contributed by atoms with van der Waals surface area (Å²) in [6, 6.07) is 7.82. The third kappa shape index (κ3) is 4.96. The van der Waals surface area contributed by atoms with Crippen molar-refractivity contribution in [2.75, 3.05) is 11.9 Å². The SMILES string of the molecule is CCOC(=O)Cc1csc(NC(=O)Cc2cccc(C)c2)n1. The molecule has 5 nitrogen and oxygen atoms in total. The lowest BCUT2D eigenvalue weighted by Crippen LogP contribution is -2.14. The summed E-state index contributed by atoms with van der Waals surface area (Å²) in [6.45, 7) is 4.10. The number of amides is 1. The Morgan fingerprint density at radius 2 is 2.14 bits per heavy atom. The molecule has 0 fully saturated rings. The smallest absolute Gasteiger partial charge is 0.311 e. The van der Waals surface area contributed by atoms with Crippen molar-refractivity contribution < 1.29 is 14.3 Å². The zero-order valence-electron chi connectivity index (χ0n) is 12.6. The molecule has 116 valence electrons. The van der Waals surface area contributed by atoms with Crippen LogP contribution in [0.15, 0.2) is 29.6 Å². The first kappa shape index (κ1) is 16.2. The van der Waals surface area contributed by atoms with Crippen molar-refractivity contribution in [3.8, 4) is 0 Å². The number of benzene rings is 1. The number of aromatic nitrogens is 1. The molecule has 0 radical (unpaired) electrons. The summed E-state index contributed by atoms with van der Waals surface area (Å²) in [5.41, 5.74) is 2.69. The summed E-state index contributed by atoms with van der Waals surface area (Å²) >= 11 is 1.30. The van der Waals surface area contributed by atoms with E-state index in [1.165, 1.54) is 11.3 Å². The molecular formula is C16H18N2O3S. The van der Waals surface area contributed by atoms with Crippen LogP contribution in [-0.4, -0.2) is 23.5 Å². The highest BCUT2D eigenvalue weighted by Crippen LogP contribution is 2.16. The van der Waals surface area contributed by atoms with Crippen molar-refractivity contribution in [1.82, 2.24) is 4.98 Å². The fourth-order valence-corrected chi connectivity index (χ4v) is 2.70. The van der Waals surface area contributed by atoms with Gasteiger partial charge in [-0.15, -0.1) is 11.3 Å². The third-order valence-corrected chi connectivity index (χ3v) is 3.68. The molecule has 0 saturated heterocycles. The van der Waals surface area contributed by atoms with Gasteiger partial charge in [0.15, 0.2) is 5.13 Å². The fourth-order valence-electron chi connectivity index (χ4n) is 1.98. The van der Waals surface area contributed by atoms with E-state index in [-0.39, 0.29) is 18.3 Å². The van der Waals surface area contributed by atoms with Gasteiger partial charge >= 0.3 is 5.97 Å². The quantitative estimate of drug-likeness (QED) is 0.832. The minimum absolute atomic E-state index is 0.123. The molecule has 0 aliphatic carbocycles. The molecule has 0 aliphatic rings. The minimum atomic E-state index is -0.314. The molecule has 0 unspecified atom stereocenters. The maximum atomic E-state index is 12.0. The molecule has 2 aromatic rings. The van der Waals surface area contributed by atoms with Crippen molar-refractivity contribution in [3.05, 3.63) is 46.5 Å². The second-order valence-corrected chi connectivity index (χ2v) is 5.70. The van der Waals surface area contributed by atoms with Crippen molar-refractivity contribution in [2.45, 2.75) is 26.7 Å². The van der Waals surface area contributed by atoms with Crippen LogP contribution < -0.4 is 5.32 Å². The van der Waals surface area contributed by atoms with Gasteiger partial charge in [-0.25, -0.2) is 4.98 Å². The number of nitrogens with one attached hydrogen (secondary N) is 1. The van der Waals surface area contributed by atoms with Crippen LogP contribution in [0, 0.1) is 6.92 Å². The highest BCUT2D eigenvalue weighted by atomic mass is 32.1. The molecule has 1 heterocycles. The number of hydrogen-bond acceptors (Lipinski definition) is 5. The Bertz CT molecular complexity index is 667.